The van der Waals surface area contributed by atoms with E-state index in [9.17, 15) is 4.39 Å². The van der Waals surface area contributed by atoms with Gasteiger partial charge < -0.3 is 4.74 Å². The maximum Gasteiger partial charge on any atom is 0.172 e. The summed E-state index contributed by atoms with van der Waals surface area (Å²) < 4.78 is 18.7. The van der Waals surface area contributed by atoms with Gasteiger partial charge in [0.1, 0.15) is 11.6 Å². The number of allylic oxidation sites excluding steroid dienone is 1. The van der Waals surface area contributed by atoms with Crippen LogP contribution in [-0.4, -0.2) is 24.7 Å². The number of hydrogen-bond acceptors (Lipinski definition) is 2. The predicted octanol–water partition coefficient (Wildman–Crippen LogP) is 3.22. The Kier molecular flexibility index (Phi) is 5.43. The van der Waals surface area contributed by atoms with Crippen molar-refractivity contribution in [1.29, 1.82) is 0 Å². The minimum atomic E-state index is -0.298. The topological polar surface area (TPSA) is 12.5 Å². The summed E-state index contributed by atoms with van der Waals surface area (Å²) in [4.78, 5) is 1.97. The van der Waals surface area contributed by atoms with Crippen molar-refractivity contribution in [3.8, 4) is 5.75 Å². The quantitative estimate of drug-likeness (QED) is 0.554. The molecule has 1 atom stereocenters. The second kappa shape index (κ2) is 6.86. The molecule has 0 saturated carbocycles. The predicted molar refractivity (Wildman–Crippen MR) is 68.5 cm³/mol. The molecule has 17 heavy (non-hydrogen) atoms. The zero-order valence-electron chi connectivity index (χ0n) is 10.3. The number of hydrogen-bond donors (Lipinski definition) is 0. The van der Waals surface area contributed by atoms with E-state index in [0.717, 1.165) is 0 Å². The Morgan fingerprint density at radius 3 is 2.88 bits per heavy atom. The van der Waals surface area contributed by atoms with Gasteiger partial charge in [-0.3, -0.25) is 4.90 Å². The molecule has 0 radical (unpaired) electrons. The number of halogens is 1. The fourth-order valence-electron chi connectivity index (χ4n) is 1.43. The summed E-state index contributed by atoms with van der Waals surface area (Å²) in [5, 5.41) is 0. The van der Waals surface area contributed by atoms with Gasteiger partial charge in [0.15, 0.2) is 6.23 Å². The number of nitrogens with zero attached hydrogens (tertiary/aromatic N) is 1. The molecule has 0 aliphatic rings. The number of rotatable bonds is 6. The molecule has 1 unspecified atom stereocenters. The lowest BCUT2D eigenvalue weighted by atomic mass is 10.3. The maximum absolute atomic E-state index is 13.0. The summed E-state index contributed by atoms with van der Waals surface area (Å²) in [6.45, 7) is 6.30. The Morgan fingerprint density at radius 2 is 2.29 bits per heavy atom. The molecular formula is C14H18FNO. The molecule has 0 heterocycles. The molecule has 1 aromatic rings. The van der Waals surface area contributed by atoms with Gasteiger partial charge in [-0.15, -0.1) is 6.58 Å². The Balaban J connectivity index is 2.75. The monoisotopic (exact) mass is 235 g/mol. The van der Waals surface area contributed by atoms with Crippen LogP contribution in [0.25, 0.3) is 0 Å². The van der Waals surface area contributed by atoms with E-state index in [4.69, 9.17) is 4.74 Å². The minimum Gasteiger partial charge on any atom is -0.471 e. The molecule has 1 aromatic carbocycles. The van der Waals surface area contributed by atoms with Crippen LogP contribution in [0.3, 0.4) is 0 Å². The second-order valence-corrected chi connectivity index (χ2v) is 3.72. The van der Waals surface area contributed by atoms with Crippen LogP contribution < -0.4 is 4.74 Å². The highest BCUT2D eigenvalue weighted by Gasteiger charge is 2.11. The number of ether oxygens (including phenoxy) is 1. The van der Waals surface area contributed by atoms with Gasteiger partial charge in [0, 0.05) is 12.6 Å². The van der Waals surface area contributed by atoms with Crippen LogP contribution in [0.15, 0.2) is 49.1 Å². The molecule has 2 nitrogen and oxygen atoms in total. The summed E-state index contributed by atoms with van der Waals surface area (Å²) in [7, 11) is 1.92. The first-order chi connectivity index (χ1) is 8.17. The molecule has 0 saturated heterocycles. The average Bonchev–Trinajstić information content (AvgIpc) is 2.29. The van der Waals surface area contributed by atoms with Gasteiger partial charge in [0.25, 0.3) is 0 Å². The molecule has 0 aliphatic heterocycles. The molecule has 92 valence electrons. The molecule has 0 N–H and O–H groups in total. The molecular weight excluding hydrogens is 217 g/mol. The fourth-order valence-corrected chi connectivity index (χ4v) is 1.43. The summed E-state index contributed by atoms with van der Waals surface area (Å²) >= 11 is 0. The Hall–Kier alpha value is -1.61. The molecule has 0 aromatic heterocycles. The highest BCUT2D eigenvalue weighted by atomic mass is 19.1. The zero-order valence-corrected chi connectivity index (χ0v) is 10.3. The van der Waals surface area contributed by atoms with E-state index >= 15 is 0 Å². The van der Waals surface area contributed by atoms with Crippen LogP contribution in [-0.2, 0) is 0 Å². The SMILES string of the molecule is C=CCN(C)C(/C=C/C)Oc1cccc(F)c1. The molecule has 0 aliphatic carbocycles. The maximum atomic E-state index is 13.0. The van der Waals surface area contributed by atoms with E-state index in [2.05, 4.69) is 6.58 Å². The summed E-state index contributed by atoms with van der Waals surface area (Å²) in [6, 6.07) is 6.13. The van der Waals surface area contributed by atoms with Crippen LogP contribution in [0.2, 0.25) is 0 Å². The van der Waals surface area contributed by atoms with Gasteiger partial charge in [-0.1, -0.05) is 18.2 Å². The Morgan fingerprint density at radius 1 is 1.53 bits per heavy atom. The van der Waals surface area contributed by atoms with Crippen LogP contribution in [0.5, 0.6) is 5.75 Å². The fraction of sp³-hybridized carbons (Fsp3) is 0.286. The van der Waals surface area contributed by atoms with Crippen molar-refractivity contribution in [2.24, 2.45) is 0 Å². The summed E-state index contributed by atoms with van der Waals surface area (Å²) in [5.41, 5.74) is 0. The minimum absolute atomic E-state index is 0.222. The lowest BCUT2D eigenvalue weighted by Gasteiger charge is -2.25. The third kappa shape index (κ3) is 4.41. The van der Waals surface area contributed by atoms with Crippen molar-refractivity contribution < 1.29 is 9.13 Å². The number of benzene rings is 1. The van der Waals surface area contributed by atoms with Crippen molar-refractivity contribution in [2.75, 3.05) is 13.6 Å². The lowest BCUT2D eigenvalue weighted by Crippen LogP contribution is -2.35. The van der Waals surface area contributed by atoms with Gasteiger partial charge in [-0.25, -0.2) is 4.39 Å². The molecule has 0 fully saturated rings. The largest absolute Gasteiger partial charge is 0.471 e. The smallest absolute Gasteiger partial charge is 0.172 e. The van der Waals surface area contributed by atoms with Crippen molar-refractivity contribution in [3.05, 3.63) is 54.9 Å². The normalized spacial score (nSPS) is 12.9. The highest BCUT2D eigenvalue weighted by Crippen LogP contribution is 2.15. The van der Waals surface area contributed by atoms with Gasteiger partial charge in [-0.2, -0.15) is 0 Å². The van der Waals surface area contributed by atoms with Crippen LogP contribution in [0.1, 0.15) is 6.92 Å². The van der Waals surface area contributed by atoms with Crippen molar-refractivity contribution >= 4 is 0 Å². The van der Waals surface area contributed by atoms with Gasteiger partial charge in [-0.05, 0) is 32.2 Å². The van der Waals surface area contributed by atoms with Crippen LogP contribution in [0.4, 0.5) is 4.39 Å². The van der Waals surface area contributed by atoms with E-state index in [0.29, 0.717) is 12.3 Å². The molecule has 0 spiro atoms. The average molecular weight is 235 g/mol. The van der Waals surface area contributed by atoms with E-state index in [1.807, 2.05) is 31.0 Å². The first kappa shape index (κ1) is 13.5. The zero-order chi connectivity index (χ0) is 12.7. The van der Waals surface area contributed by atoms with E-state index in [-0.39, 0.29) is 12.0 Å². The van der Waals surface area contributed by atoms with Crippen molar-refractivity contribution in [1.82, 2.24) is 4.90 Å². The van der Waals surface area contributed by atoms with Gasteiger partial charge >= 0.3 is 0 Å². The molecule has 0 bridgehead atoms. The third-order valence-corrected chi connectivity index (χ3v) is 2.26. The van der Waals surface area contributed by atoms with Crippen molar-refractivity contribution in [3.63, 3.8) is 0 Å². The lowest BCUT2D eigenvalue weighted by molar-refractivity contribution is 0.0944. The summed E-state index contributed by atoms with van der Waals surface area (Å²) in [6.07, 6.45) is 5.39. The van der Waals surface area contributed by atoms with Crippen LogP contribution >= 0.6 is 0 Å². The molecule has 1 rings (SSSR count). The molecule has 0 amide bonds. The van der Waals surface area contributed by atoms with Crippen molar-refractivity contribution in [2.45, 2.75) is 13.2 Å². The standard InChI is InChI=1S/C14H18FNO/c1-4-7-14(16(3)10-5-2)17-13-9-6-8-12(15)11-13/h4-9,11,14H,2,10H2,1,3H3/b7-4+. The van der Waals surface area contributed by atoms with Crippen LogP contribution in [0, 0.1) is 5.82 Å². The van der Waals surface area contributed by atoms with Gasteiger partial charge in [0.2, 0.25) is 0 Å². The first-order valence-corrected chi connectivity index (χ1v) is 5.53. The van der Waals surface area contributed by atoms with E-state index in [1.165, 1.54) is 12.1 Å². The van der Waals surface area contributed by atoms with E-state index < -0.39 is 0 Å². The first-order valence-electron chi connectivity index (χ1n) is 5.53. The Bertz CT molecular complexity index is 390. The Labute approximate surface area is 102 Å². The number of likely N-dealkylation sites (N-methyl/N-ethyl adjacent to an activating group) is 1. The highest BCUT2D eigenvalue weighted by molar-refractivity contribution is 5.23. The van der Waals surface area contributed by atoms with Gasteiger partial charge in [0.05, 0.1) is 0 Å². The second-order valence-electron chi connectivity index (χ2n) is 3.72. The third-order valence-electron chi connectivity index (χ3n) is 2.26. The van der Waals surface area contributed by atoms with E-state index in [1.54, 1.807) is 18.2 Å². The molecule has 3 heteroatoms. The summed E-state index contributed by atoms with van der Waals surface area (Å²) in [5.74, 6) is 0.220.